The molecule has 0 saturated heterocycles. The monoisotopic (exact) mass is 240 g/mol. The number of methoxy groups -OCH3 is 1. The Morgan fingerprint density at radius 3 is 2.50 bits per heavy atom. The van der Waals surface area contributed by atoms with E-state index in [1.54, 1.807) is 7.11 Å². The Hall–Kier alpha value is -2.09. The molecule has 92 valence electrons. The molecule has 0 unspecified atom stereocenters. The van der Waals surface area contributed by atoms with E-state index < -0.39 is 0 Å². The van der Waals surface area contributed by atoms with E-state index in [0.717, 1.165) is 24.0 Å². The van der Waals surface area contributed by atoms with Crippen molar-refractivity contribution in [2.24, 2.45) is 0 Å². The largest absolute Gasteiger partial charge is 0.497 e. The number of ether oxygens (including phenoxy) is 1. The van der Waals surface area contributed by atoms with Gasteiger partial charge in [0.1, 0.15) is 12.0 Å². The molecule has 2 nitrogen and oxygen atoms in total. The Labute approximate surface area is 107 Å². The first-order valence-corrected chi connectivity index (χ1v) is 6.00. The van der Waals surface area contributed by atoms with Crippen LogP contribution >= 0.6 is 0 Å². The maximum absolute atomic E-state index is 10.4. The van der Waals surface area contributed by atoms with Crippen LogP contribution in [0.2, 0.25) is 0 Å². The highest BCUT2D eigenvalue weighted by atomic mass is 16.5. The van der Waals surface area contributed by atoms with E-state index in [-0.39, 0.29) is 0 Å². The molecule has 0 aromatic heterocycles. The fraction of sp³-hybridized carbons (Fsp3) is 0.188. The van der Waals surface area contributed by atoms with Crippen molar-refractivity contribution >= 4 is 6.29 Å². The highest BCUT2D eigenvalue weighted by Crippen LogP contribution is 2.23. The number of benzene rings is 2. The van der Waals surface area contributed by atoms with Crippen LogP contribution in [0.15, 0.2) is 48.5 Å². The number of aryl methyl sites for hydroxylation is 1. The molecule has 0 N–H and O–H groups in total. The van der Waals surface area contributed by atoms with Gasteiger partial charge in [-0.05, 0) is 35.2 Å². The molecule has 0 aliphatic heterocycles. The van der Waals surface area contributed by atoms with Gasteiger partial charge in [-0.1, -0.05) is 36.4 Å². The number of rotatable bonds is 5. The lowest BCUT2D eigenvalue weighted by Crippen LogP contribution is -1.87. The molecule has 0 aliphatic carbocycles. The molecule has 18 heavy (non-hydrogen) atoms. The van der Waals surface area contributed by atoms with Crippen LogP contribution in [0.5, 0.6) is 5.75 Å². The van der Waals surface area contributed by atoms with E-state index in [9.17, 15) is 4.79 Å². The van der Waals surface area contributed by atoms with Crippen molar-refractivity contribution < 1.29 is 9.53 Å². The first kappa shape index (κ1) is 12.4. The lowest BCUT2D eigenvalue weighted by atomic mass is 10.0. The van der Waals surface area contributed by atoms with Crippen LogP contribution in [0.3, 0.4) is 0 Å². The summed E-state index contributed by atoms with van der Waals surface area (Å²) in [7, 11) is 1.66. The van der Waals surface area contributed by atoms with Gasteiger partial charge in [-0.3, -0.25) is 0 Å². The van der Waals surface area contributed by atoms with Crippen LogP contribution in [-0.2, 0) is 11.2 Å². The number of aldehydes is 1. The molecule has 2 aromatic rings. The fourth-order valence-corrected chi connectivity index (χ4v) is 1.92. The Kier molecular flexibility index (Phi) is 4.13. The van der Waals surface area contributed by atoms with Crippen molar-refractivity contribution in [1.82, 2.24) is 0 Å². The summed E-state index contributed by atoms with van der Waals surface area (Å²) >= 11 is 0. The molecule has 2 heteroatoms. The Balaban J connectivity index is 2.23. The SMILES string of the molecule is COc1ccc(-c2cccc(CCC=O)c2)cc1. The van der Waals surface area contributed by atoms with E-state index in [1.165, 1.54) is 11.1 Å². The van der Waals surface area contributed by atoms with Crippen LogP contribution in [0.4, 0.5) is 0 Å². The van der Waals surface area contributed by atoms with Gasteiger partial charge in [0.15, 0.2) is 0 Å². The number of carbonyl (C=O) groups is 1. The van der Waals surface area contributed by atoms with E-state index in [4.69, 9.17) is 4.74 Å². The number of carbonyl (C=O) groups excluding carboxylic acids is 1. The summed E-state index contributed by atoms with van der Waals surface area (Å²) in [6.45, 7) is 0. The molecule has 0 heterocycles. The second kappa shape index (κ2) is 6.01. The van der Waals surface area contributed by atoms with Gasteiger partial charge in [0, 0.05) is 6.42 Å². The minimum atomic E-state index is 0.575. The molecule has 2 aromatic carbocycles. The zero-order chi connectivity index (χ0) is 12.8. The van der Waals surface area contributed by atoms with E-state index in [1.807, 2.05) is 30.3 Å². The zero-order valence-electron chi connectivity index (χ0n) is 10.4. The average molecular weight is 240 g/mol. The third-order valence-corrected chi connectivity index (χ3v) is 2.90. The van der Waals surface area contributed by atoms with Crippen molar-refractivity contribution in [1.29, 1.82) is 0 Å². The second-order valence-electron chi connectivity index (χ2n) is 4.13. The first-order valence-electron chi connectivity index (χ1n) is 6.00. The van der Waals surface area contributed by atoms with Gasteiger partial charge >= 0.3 is 0 Å². The molecule has 0 radical (unpaired) electrons. The van der Waals surface area contributed by atoms with E-state index in [2.05, 4.69) is 18.2 Å². The zero-order valence-corrected chi connectivity index (χ0v) is 10.4. The summed E-state index contributed by atoms with van der Waals surface area (Å²) in [5.74, 6) is 0.857. The molecule has 2 rings (SSSR count). The van der Waals surface area contributed by atoms with Crippen LogP contribution in [0.25, 0.3) is 11.1 Å². The molecule has 0 atom stereocenters. The molecular weight excluding hydrogens is 224 g/mol. The lowest BCUT2D eigenvalue weighted by Gasteiger charge is -2.06. The van der Waals surface area contributed by atoms with Gasteiger partial charge in [0.05, 0.1) is 7.11 Å². The highest BCUT2D eigenvalue weighted by molar-refractivity contribution is 5.65. The van der Waals surface area contributed by atoms with Gasteiger partial charge in [-0.15, -0.1) is 0 Å². The topological polar surface area (TPSA) is 26.3 Å². The molecule has 0 aliphatic rings. The number of hydrogen-bond donors (Lipinski definition) is 0. The van der Waals surface area contributed by atoms with Crippen molar-refractivity contribution in [3.8, 4) is 16.9 Å². The Morgan fingerprint density at radius 2 is 1.83 bits per heavy atom. The van der Waals surface area contributed by atoms with Crippen molar-refractivity contribution in [2.45, 2.75) is 12.8 Å². The maximum atomic E-state index is 10.4. The van der Waals surface area contributed by atoms with Crippen LogP contribution in [0.1, 0.15) is 12.0 Å². The van der Waals surface area contributed by atoms with Gasteiger partial charge in [-0.2, -0.15) is 0 Å². The van der Waals surface area contributed by atoms with Gasteiger partial charge < -0.3 is 9.53 Å². The molecule has 0 saturated carbocycles. The van der Waals surface area contributed by atoms with Crippen molar-refractivity contribution in [3.05, 3.63) is 54.1 Å². The lowest BCUT2D eigenvalue weighted by molar-refractivity contribution is -0.107. The fourth-order valence-electron chi connectivity index (χ4n) is 1.92. The van der Waals surface area contributed by atoms with Gasteiger partial charge in [-0.25, -0.2) is 0 Å². The first-order chi connectivity index (χ1) is 8.83. The summed E-state index contributed by atoms with van der Waals surface area (Å²) in [4.78, 5) is 10.4. The molecule has 0 spiro atoms. The number of hydrogen-bond acceptors (Lipinski definition) is 2. The second-order valence-corrected chi connectivity index (χ2v) is 4.13. The van der Waals surface area contributed by atoms with Crippen LogP contribution in [-0.4, -0.2) is 13.4 Å². The molecule has 0 amide bonds. The summed E-state index contributed by atoms with van der Waals surface area (Å²) in [6.07, 6.45) is 2.33. The minimum Gasteiger partial charge on any atom is -0.497 e. The van der Waals surface area contributed by atoms with Crippen molar-refractivity contribution in [3.63, 3.8) is 0 Å². The third kappa shape index (κ3) is 2.98. The van der Waals surface area contributed by atoms with Gasteiger partial charge in [0.25, 0.3) is 0 Å². The highest BCUT2D eigenvalue weighted by Gasteiger charge is 2.00. The summed E-state index contributed by atoms with van der Waals surface area (Å²) in [6, 6.07) is 16.3. The Morgan fingerprint density at radius 1 is 1.06 bits per heavy atom. The van der Waals surface area contributed by atoms with E-state index in [0.29, 0.717) is 6.42 Å². The van der Waals surface area contributed by atoms with Gasteiger partial charge in [0.2, 0.25) is 0 Å². The maximum Gasteiger partial charge on any atom is 0.120 e. The molecule has 0 bridgehead atoms. The standard InChI is InChI=1S/C16H16O2/c1-18-16-9-7-14(8-10-16)15-6-2-4-13(12-15)5-3-11-17/h2,4,6-12H,3,5H2,1H3. The van der Waals surface area contributed by atoms with E-state index >= 15 is 0 Å². The quantitative estimate of drug-likeness (QED) is 0.748. The average Bonchev–Trinajstić information content (AvgIpc) is 2.45. The predicted molar refractivity (Wildman–Crippen MR) is 72.8 cm³/mol. The summed E-state index contributed by atoms with van der Waals surface area (Å²) < 4.78 is 5.14. The smallest absolute Gasteiger partial charge is 0.120 e. The third-order valence-electron chi connectivity index (χ3n) is 2.90. The van der Waals surface area contributed by atoms with Crippen molar-refractivity contribution in [2.75, 3.05) is 7.11 Å². The summed E-state index contributed by atoms with van der Waals surface area (Å²) in [5, 5.41) is 0. The molecule has 0 fully saturated rings. The summed E-state index contributed by atoms with van der Waals surface area (Å²) in [5.41, 5.74) is 3.51. The van der Waals surface area contributed by atoms with Crippen LogP contribution < -0.4 is 4.74 Å². The molecular formula is C16H16O2. The van der Waals surface area contributed by atoms with Crippen LogP contribution in [0, 0.1) is 0 Å². The minimum absolute atomic E-state index is 0.575. The predicted octanol–water partition coefficient (Wildman–Crippen LogP) is 3.49. The normalized spacial score (nSPS) is 10.1. The Bertz CT molecular complexity index is 515.